The van der Waals surface area contributed by atoms with E-state index in [-0.39, 0.29) is 24.4 Å². The van der Waals surface area contributed by atoms with Crippen LogP contribution in [0.5, 0.6) is 5.75 Å². The number of nitrogens with one attached hydrogen (secondary N) is 2. The van der Waals surface area contributed by atoms with Crippen LogP contribution in [0.4, 0.5) is 4.39 Å². The van der Waals surface area contributed by atoms with Gasteiger partial charge in [-0.15, -0.1) is 0 Å². The summed E-state index contributed by atoms with van der Waals surface area (Å²) in [6.45, 7) is 2.73. The molecule has 0 aliphatic carbocycles. The van der Waals surface area contributed by atoms with Crippen molar-refractivity contribution in [2.24, 2.45) is 0 Å². The highest BCUT2D eigenvalue weighted by Gasteiger charge is 2.16. The lowest BCUT2D eigenvalue weighted by Crippen LogP contribution is -2.41. The van der Waals surface area contributed by atoms with Crippen molar-refractivity contribution < 1.29 is 18.7 Å². The summed E-state index contributed by atoms with van der Waals surface area (Å²) >= 11 is 0. The average molecular weight is 282 g/mol. The number of amides is 1. The van der Waals surface area contributed by atoms with E-state index in [1.165, 1.54) is 6.07 Å². The lowest BCUT2D eigenvalue weighted by molar-refractivity contribution is -0.124. The van der Waals surface area contributed by atoms with Gasteiger partial charge in [0.25, 0.3) is 0 Å². The fourth-order valence-electron chi connectivity index (χ4n) is 1.94. The molecule has 1 heterocycles. The Kier molecular flexibility index (Phi) is 5.76. The van der Waals surface area contributed by atoms with E-state index in [2.05, 4.69) is 10.6 Å². The first-order chi connectivity index (χ1) is 9.75. The Morgan fingerprint density at radius 3 is 3.10 bits per heavy atom. The number of hydrogen-bond acceptors (Lipinski definition) is 4. The maximum absolute atomic E-state index is 13.2. The molecule has 1 saturated heterocycles. The summed E-state index contributed by atoms with van der Waals surface area (Å²) in [5, 5.41) is 5.89. The summed E-state index contributed by atoms with van der Waals surface area (Å²) in [7, 11) is 0. The second-order valence-corrected chi connectivity index (χ2v) is 4.53. The van der Waals surface area contributed by atoms with Gasteiger partial charge in [-0.1, -0.05) is 12.1 Å². The van der Waals surface area contributed by atoms with Crippen LogP contribution in [0.3, 0.4) is 0 Å². The van der Waals surface area contributed by atoms with Gasteiger partial charge in [-0.25, -0.2) is 4.39 Å². The number of carbonyl (C=O) groups is 1. The Hall–Kier alpha value is -1.66. The Balaban J connectivity index is 1.60. The highest BCUT2D eigenvalue weighted by molar-refractivity contribution is 5.76. The SMILES string of the molecule is O=C(C[C@H]1CNCCO1)NCCOc1ccccc1F. The van der Waals surface area contributed by atoms with E-state index < -0.39 is 5.82 Å². The topological polar surface area (TPSA) is 59.6 Å². The molecule has 1 aliphatic rings. The number of benzene rings is 1. The monoisotopic (exact) mass is 282 g/mol. The molecule has 20 heavy (non-hydrogen) atoms. The normalized spacial score (nSPS) is 18.6. The first-order valence-electron chi connectivity index (χ1n) is 6.72. The zero-order valence-electron chi connectivity index (χ0n) is 11.2. The van der Waals surface area contributed by atoms with Crippen LogP contribution in [0.15, 0.2) is 24.3 Å². The summed E-state index contributed by atoms with van der Waals surface area (Å²) in [5.74, 6) is -0.294. The zero-order chi connectivity index (χ0) is 14.2. The number of carbonyl (C=O) groups excluding carboxylic acids is 1. The van der Waals surface area contributed by atoms with Crippen molar-refractivity contribution in [1.29, 1.82) is 0 Å². The molecule has 6 heteroatoms. The van der Waals surface area contributed by atoms with Crippen LogP contribution in [0.2, 0.25) is 0 Å². The first kappa shape index (κ1) is 14.7. The van der Waals surface area contributed by atoms with Gasteiger partial charge < -0.3 is 20.1 Å². The Morgan fingerprint density at radius 2 is 2.35 bits per heavy atom. The molecule has 0 radical (unpaired) electrons. The summed E-state index contributed by atoms with van der Waals surface area (Å²) in [6, 6.07) is 6.19. The number of ether oxygens (including phenoxy) is 2. The molecular weight excluding hydrogens is 263 g/mol. The highest BCUT2D eigenvalue weighted by Crippen LogP contribution is 2.14. The lowest BCUT2D eigenvalue weighted by Gasteiger charge is -2.23. The van der Waals surface area contributed by atoms with E-state index in [1.54, 1.807) is 18.2 Å². The molecule has 1 aromatic carbocycles. The van der Waals surface area contributed by atoms with Crippen LogP contribution >= 0.6 is 0 Å². The van der Waals surface area contributed by atoms with Gasteiger partial charge in [0.2, 0.25) is 5.91 Å². The molecule has 0 saturated carbocycles. The van der Waals surface area contributed by atoms with Gasteiger partial charge in [-0.2, -0.15) is 0 Å². The summed E-state index contributed by atoms with van der Waals surface area (Å²) < 4.78 is 23.9. The Labute approximate surface area is 117 Å². The number of hydrogen-bond donors (Lipinski definition) is 2. The van der Waals surface area contributed by atoms with Crippen molar-refractivity contribution in [3.8, 4) is 5.75 Å². The molecular formula is C14H19FN2O3. The van der Waals surface area contributed by atoms with Crippen molar-refractivity contribution in [2.75, 3.05) is 32.8 Å². The molecule has 5 nitrogen and oxygen atoms in total. The van der Waals surface area contributed by atoms with Gasteiger partial charge in [0.1, 0.15) is 6.61 Å². The third-order valence-corrected chi connectivity index (χ3v) is 2.94. The minimum atomic E-state index is -0.402. The van der Waals surface area contributed by atoms with Crippen LogP contribution in [0, 0.1) is 5.82 Å². The third-order valence-electron chi connectivity index (χ3n) is 2.94. The first-order valence-corrected chi connectivity index (χ1v) is 6.72. The van der Waals surface area contributed by atoms with Crippen LogP contribution in [-0.4, -0.2) is 44.9 Å². The van der Waals surface area contributed by atoms with Gasteiger partial charge in [-0.05, 0) is 12.1 Å². The van der Waals surface area contributed by atoms with Gasteiger partial charge in [0, 0.05) is 13.1 Å². The maximum atomic E-state index is 13.2. The number of halogens is 1. The molecule has 0 unspecified atom stereocenters. The predicted octanol–water partition coefficient (Wildman–Crippen LogP) is 0.699. The molecule has 0 aromatic heterocycles. The molecule has 1 aromatic rings. The van der Waals surface area contributed by atoms with E-state index >= 15 is 0 Å². The summed E-state index contributed by atoms with van der Waals surface area (Å²) in [5.41, 5.74) is 0. The van der Waals surface area contributed by atoms with Crippen molar-refractivity contribution >= 4 is 5.91 Å². The number of para-hydroxylation sites is 1. The molecule has 0 spiro atoms. The van der Waals surface area contributed by atoms with Crippen LogP contribution < -0.4 is 15.4 Å². The Morgan fingerprint density at radius 1 is 1.50 bits per heavy atom. The minimum Gasteiger partial charge on any atom is -0.489 e. The van der Waals surface area contributed by atoms with Crippen LogP contribution in [0.1, 0.15) is 6.42 Å². The van der Waals surface area contributed by atoms with E-state index in [1.807, 2.05) is 0 Å². The average Bonchev–Trinajstić information content (AvgIpc) is 2.46. The maximum Gasteiger partial charge on any atom is 0.222 e. The number of rotatable bonds is 6. The predicted molar refractivity (Wildman–Crippen MR) is 72.1 cm³/mol. The molecule has 1 amide bonds. The lowest BCUT2D eigenvalue weighted by atomic mass is 10.2. The van der Waals surface area contributed by atoms with Gasteiger partial charge in [-0.3, -0.25) is 4.79 Å². The van der Waals surface area contributed by atoms with E-state index in [4.69, 9.17) is 9.47 Å². The molecule has 1 fully saturated rings. The van der Waals surface area contributed by atoms with Crippen LogP contribution in [0.25, 0.3) is 0 Å². The van der Waals surface area contributed by atoms with Gasteiger partial charge >= 0.3 is 0 Å². The van der Waals surface area contributed by atoms with E-state index in [0.717, 1.165) is 6.54 Å². The van der Waals surface area contributed by atoms with E-state index in [9.17, 15) is 9.18 Å². The number of morpholine rings is 1. The highest BCUT2D eigenvalue weighted by atomic mass is 19.1. The second kappa shape index (κ2) is 7.81. The third kappa shape index (κ3) is 4.79. The molecule has 0 bridgehead atoms. The zero-order valence-corrected chi connectivity index (χ0v) is 11.2. The van der Waals surface area contributed by atoms with Crippen molar-refractivity contribution in [3.05, 3.63) is 30.1 Å². The quantitative estimate of drug-likeness (QED) is 0.754. The van der Waals surface area contributed by atoms with Crippen molar-refractivity contribution in [3.63, 3.8) is 0 Å². The largest absolute Gasteiger partial charge is 0.489 e. The molecule has 1 atom stereocenters. The Bertz CT molecular complexity index is 436. The fraction of sp³-hybridized carbons (Fsp3) is 0.500. The molecule has 2 N–H and O–H groups in total. The fourth-order valence-corrected chi connectivity index (χ4v) is 1.94. The molecule has 110 valence electrons. The summed E-state index contributed by atoms with van der Waals surface area (Å²) in [4.78, 5) is 11.6. The van der Waals surface area contributed by atoms with Gasteiger partial charge in [0.15, 0.2) is 11.6 Å². The van der Waals surface area contributed by atoms with Crippen molar-refractivity contribution in [2.45, 2.75) is 12.5 Å². The molecule has 2 rings (SSSR count). The van der Waals surface area contributed by atoms with Gasteiger partial charge in [0.05, 0.1) is 25.7 Å². The molecule has 1 aliphatic heterocycles. The standard InChI is InChI=1S/C14H19FN2O3/c15-12-3-1-2-4-13(12)20-8-6-17-14(18)9-11-10-16-5-7-19-11/h1-4,11,16H,5-10H2,(H,17,18)/t11-/m0/s1. The van der Waals surface area contributed by atoms with Crippen molar-refractivity contribution in [1.82, 2.24) is 10.6 Å². The summed E-state index contributed by atoms with van der Waals surface area (Å²) in [6.07, 6.45) is 0.253. The smallest absolute Gasteiger partial charge is 0.222 e. The van der Waals surface area contributed by atoms with E-state index in [0.29, 0.717) is 26.1 Å². The minimum absolute atomic E-state index is 0.0729. The van der Waals surface area contributed by atoms with Crippen LogP contribution in [-0.2, 0) is 9.53 Å². The second-order valence-electron chi connectivity index (χ2n) is 4.53.